The molecule has 1 aromatic heterocycles. The van der Waals surface area contributed by atoms with E-state index in [1.165, 1.54) is 11.8 Å². The molecule has 1 amide bonds. The topological polar surface area (TPSA) is 51.5 Å². The fourth-order valence-corrected chi connectivity index (χ4v) is 2.33. The van der Waals surface area contributed by atoms with Crippen molar-refractivity contribution in [1.29, 1.82) is 0 Å². The van der Waals surface area contributed by atoms with Crippen molar-refractivity contribution >= 4 is 11.6 Å². The molecule has 0 aliphatic rings. The van der Waals surface area contributed by atoms with Crippen molar-refractivity contribution < 1.29 is 13.9 Å². The van der Waals surface area contributed by atoms with E-state index in [9.17, 15) is 4.79 Å². The fourth-order valence-electron chi connectivity index (χ4n) is 2.33. The number of anilines is 1. The van der Waals surface area contributed by atoms with Gasteiger partial charge in [0, 0.05) is 11.3 Å². The summed E-state index contributed by atoms with van der Waals surface area (Å²) in [5, 5.41) is 2.86. The summed E-state index contributed by atoms with van der Waals surface area (Å²) < 4.78 is 11.0. The lowest BCUT2D eigenvalue weighted by molar-refractivity contribution is 0.0993. The highest BCUT2D eigenvalue weighted by atomic mass is 16.5. The molecule has 0 spiro atoms. The molecule has 2 aromatic carbocycles. The molecule has 4 nitrogen and oxygen atoms in total. The zero-order valence-corrected chi connectivity index (χ0v) is 13.7. The van der Waals surface area contributed by atoms with E-state index in [-0.39, 0.29) is 18.3 Å². The van der Waals surface area contributed by atoms with Crippen LogP contribution in [0.2, 0.25) is 0 Å². The SMILES string of the molecule is Cc1ccc(NC(=O)c2occc2COc2ccccc2)cc1C. The number of hydrogen-bond acceptors (Lipinski definition) is 3. The van der Waals surface area contributed by atoms with Crippen LogP contribution in [0.3, 0.4) is 0 Å². The quantitative estimate of drug-likeness (QED) is 0.739. The Kier molecular flexibility index (Phi) is 4.66. The Morgan fingerprint density at radius 2 is 1.83 bits per heavy atom. The minimum Gasteiger partial charge on any atom is -0.489 e. The van der Waals surface area contributed by atoms with E-state index >= 15 is 0 Å². The smallest absolute Gasteiger partial charge is 0.291 e. The first-order valence-corrected chi connectivity index (χ1v) is 7.76. The average Bonchev–Trinajstić information content (AvgIpc) is 3.06. The molecule has 0 radical (unpaired) electrons. The number of carbonyl (C=O) groups excluding carboxylic acids is 1. The third-order valence-electron chi connectivity index (χ3n) is 3.86. The average molecular weight is 321 g/mol. The Bertz CT molecular complexity index is 837. The molecule has 0 unspecified atom stereocenters. The van der Waals surface area contributed by atoms with Gasteiger partial charge in [-0.05, 0) is 55.3 Å². The molecular formula is C20H19NO3. The molecular weight excluding hydrogens is 302 g/mol. The van der Waals surface area contributed by atoms with Crippen LogP contribution in [0.25, 0.3) is 0 Å². The third kappa shape index (κ3) is 3.66. The van der Waals surface area contributed by atoms with Crippen molar-refractivity contribution in [2.45, 2.75) is 20.5 Å². The number of hydrogen-bond donors (Lipinski definition) is 1. The van der Waals surface area contributed by atoms with Crippen molar-refractivity contribution in [3.63, 3.8) is 0 Å². The molecule has 122 valence electrons. The summed E-state index contributed by atoms with van der Waals surface area (Å²) in [5.41, 5.74) is 3.76. The van der Waals surface area contributed by atoms with Crippen LogP contribution in [-0.2, 0) is 6.61 Å². The summed E-state index contributed by atoms with van der Waals surface area (Å²) in [6, 6.07) is 17.0. The first-order chi connectivity index (χ1) is 11.6. The van der Waals surface area contributed by atoms with E-state index in [0.717, 1.165) is 17.0 Å². The standard InChI is InChI=1S/C20H19NO3/c1-14-8-9-17(12-15(14)2)21-20(22)19-16(10-11-23-19)13-24-18-6-4-3-5-7-18/h3-12H,13H2,1-2H3,(H,21,22). The minimum absolute atomic E-state index is 0.268. The largest absolute Gasteiger partial charge is 0.489 e. The van der Waals surface area contributed by atoms with Crippen molar-refractivity contribution in [3.8, 4) is 5.75 Å². The second kappa shape index (κ2) is 7.04. The summed E-state index contributed by atoms with van der Waals surface area (Å²) in [6.07, 6.45) is 1.50. The van der Waals surface area contributed by atoms with Gasteiger partial charge in [0.25, 0.3) is 5.91 Å². The molecule has 0 aliphatic heterocycles. The van der Waals surface area contributed by atoms with Crippen LogP contribution in [0.5, 0.6) is 5.75 Å². The maximum atomic E-state index is 12.4. The van der Waals surface area contributed by atoms with Crippen LogP contribution in [0, 0.1) is 13.8 Å². The van der Waals surface area contributed by atoms with E-state index in [0.29, 0.717) is 5.56 Å². The van der Waals surface area contributed by atoms with Gasteiger partial charge in [0.15, 0.2) is 5.76 Å². The van der Waals surface area contributed by atoms with Crippen LogP contribution in [0.1, 0.15) is 27.2 Å². The van der Waals surface area contributed by atoms with Gasteiger partial charge in [0.05, 0.1) is 6.26 Å². The second-order valence-electron chi connectivity index (χ2n) is 5.63. The highest BCUT2D eigenvalue weighted by Gasteiger charge is 2.16. The fraction of sp³-hybridized carbons (Fsp3) is 0.150. The molecule has 1 heterocycles. The van der Waals surface area contributed by atoms with E-state index in [4.69, 9.17) is 9.15 Å². The Labute approximate surface area is 141 Å². The molecule has 24 heavy (non-hydrogen) atoms. The molecule has 0 fully saturated rings. The normalized spacial score (nSPS) is 10.4. The van der Waals surface area contributed by atoms with Gasteiger partial charge in [-0.15, -0.1) is 0 Å². The van der Waals surface area contributed by atoms with Gasteiger partial charge in [0.2, 0.25) is 0 Å². The van der Waals surface area contributed by atoms with Crippen molar-refractivity contribution in [3.05, 3.63) is 83.3 Å². The maximum absolute atomic E-state index is 12.4. The van der Waals surface area contributed by atoms with Gasteiger partial charge in [-0.25, -0.2) is 0 Å². The van der Waals surface area contributed by atoms with Crippen molar-refractivity contribution in [2.24, 2.45) is 0 Å². The predicted octanol–water partition coefficient (Wildman–Crippen LogP) is 4.73. The Morgan fingerprint density at radius 1 is 1.04 bits per heavy atom. The zero-order chi connectivity index (χ0) is 16.9. The molecule has 0 aliphatic carbocycles. The van der Waals surface area contributed by atoms with Crippen LogP contribution in [0.15, 0.2) is 65.3 Å². The summed E-state index contributed by atoms with van der Waals surface area (Å²) in [5.74, 6) is 0.735. The van der Waals surface area contributed by atoms with Gasteiger partial charge in [-0.1, -0.05) is 24.3 Å². The monoisotopic (exact) mass is 321 g/mol. The molecule has 1 N–H and O–H groups in total. The number of nitrogens with one attached hydrogen (secondary N) is 1. The summed E-state index contributed by atoms with van der Waals surface area (Å²) in [7, 11) is 0. The van der Waals surface area contributed by atoms with Gasteiger partial charge in [-0.2, -0.15) is 0 Å². The number of para-hydroxylation sites is 1. The van der Waals surface area contributed by atoms with E-state index < -0.39 is 0 Å². The number of carbonyl (C=O) groups is 1. The van der Waals surface area contributed by atoms with Gasteiger partial charge in [-0.3, -0.25) is 4.79 Å². The molecule has 0 saturated heterocycles. The van der Waals surface area contributed by atoms with Gasteiger partial charge in [0.1, 0.15) is 12.4 Å². The first-order valence-electron chi connectivity index (χ1n) is 7.76. The lowest BCUT2D eigenvalue weighted by atomic mass is 10.1. The van der Waals surface area contributed by atoms with E-state index in [2.05, 4.69) is 5.32 Å². The molecule has 0 atom stereocenters. The van der Waals surface area contributed by atoms with Crippen LogP contribution < -0.4 is 10.1 Å². The van der Waals surface area contributed by atoms with Crippen LogP contribution in [-0.4, -0.2) is 5.91 Å². The molecule has 0 saturated carbocycles. The second-order valence-corrected chi connectivity index (χ2v) is 5.63. The number of ether oxygens (including phenoxy) is 1. The third-order valence-corrected chi connectivity index (χ3v) is 3.86. The molecule has 3 aromatic rings. The maximum Gasteiger partial charge on any atom is 0.291 e. The summed E-state index contributed by atoms with van der Waals surface area (Å²) in [6.45, 7) is 4.32. The van der Waals surface area contributed by atoms with Crippen molar-refractivity contribution in [2.75, 3.05) is 5.32 Å². The summed E-state index contributed by atoms with van der Waals surface area (Å²) in [4.78, 5) is 12.4. The summed E-state index contributed by atoms with van der Waals surface area (Å²) >= 11 is 0. The minimum atomic E-state index is -0.282. The Balaban J connectivity index is 1.69. The van der Waals surface area contributed by atoms with Gasteiger partial charge < -0.3 is 14.5 Å². The van der Waals surface area contributed by atoms with Gasteiger partial charge >= 0.3 is 0 Å². The molecule has 0 bridgehead atoms. The number of benzene rings is 2. The predicted molar refractivity (Wildman–Crippen MR) is 93.4 cm³/mol. The number of aryl methyl sites for hydroxylation is 2. The number of amides is 1. The van der Waals surface area contributed by atoms with Crippen LogP contribution >= 0.6 is 0 Å². The van der Waals surface area contributed by atoms with E-state index in [1.54, 1.807) is 6.07 Å². The lowest BCUT2D eigenvalue weighted by Gasteiger charge is -2.08. The zero-order valence-electron chi connectivity index (χ0n) is 13.7. The highest BCUT2D eigenvalue weighted by Crippen LogP contribution is 2.19. The van der Waals surface area contributed by atoms with Crippen LogP contribution in [0.4, 0.5) is 5.69 Å². The Morgan fingerprint density at radius 3 is 2.58 bits per heavy atom. The first kappa shape index (κ1) is 15.9. The highest BCUT2D eigenvalue weighted by molar-refractivity contribution is 6.03. The Hall–Kier alpha value is -3.01. The number of furan rings is 1. The van der Waals surface area contributed by atoms with E-state index in [1.807, 2.05) is 62.4 Å². The lowest BCUT2D eigenvalue weighted by Crippen LogP contribution is -2.14. The molecule has 3 rings (SSSR count). The number of rotatable bonds is 5. The van der Waals surface area contributed by atoms with Crippen molar-refractivity contribution in [1.82, 2.24) is 0 Å². The molecule has 4 heteroatoms.